The monoisotopic (exact) mass is 253 g/mol. The van der Waals surface area contributed by atoms with Gasteiger partial charge in [-0.15, -0.1) is 0 Å². The van der Waals surface area contributed by atoms with Crippen molar-refractivity contribution in [2.75, 3.05) is 13.2 Å². The molecule has 0 spiro atoms. The van der Waals surface area contributed by atoms with E-state index in [0.717, 1.165) is 11.1 Å². The molecule has 3 heteroatoms. The van der Waals surface area contributed by atoms with Crippen LogP contribution in [0.5, 0.6) is 0 Å². The average Bonchev–Trinajstić information content (AvgIpc) is 2.95. The molecule has 1 heterocycles. The minimum Gasteiger partial charge on any atom is -0.476 e. The second kappa shape index (κ2) is 4.86. The molecule has 0 amide bonds. The highest BCUT2D eigenvalue weighted by molar-refractivity contribution is 5.80. The van der Waals surface area contributed by atoms with E-state index in [-0.39, 0.29) is 6.61 Å². The van der Waals surface area contributed by atoms with Crippen LogP contribution in [0.3, 0.4) is 0 Å². The molecular formula is C16H15NO2. The molecule has 1 aliphatic rings. The molecule has 0 aromatic heterocycles. The Hall–Kier alpha value is -2.13. The number of hydrogen-bond donors (Lipinski definition) is 1. The van der Waals surface area contributed by atoms with Crippen LogP contribution in [-0.4, -0.2) is 24.2 Å². The Morgan fingerprint density at radius 1 is 0.947 bits per heavy atom. The lowest BCUT2D eigenvalue weighted by Gasteiger charge is -2.25. The Morgan fingerprint density at radius 3 is 1.89 bits per heavy atom. The van der Waals surface area contributed by atoms with Gasteiger partial charge in [0.1, 0.15) is 18.8 Å². The maximum Gasteiger partial charge on any atom is 0.211 e. The second-order valence-electron chi connectivity index (χ2n) is 4.54. The Kier molecular flexibility index (Phi) is 3.05. The molecule has 2 aromatic rings. The van der Waals surface area contributed by atoms with Gasteiger partial charge in [0.2, 0.25) is 5.90 Å². The van der Waals surface area contributed by atoms with Gasteiger partial charge in [0.25, 0.3) is 0 Å². The van der Waals surface area contributed by atoms with Crippen molar-refractivity contribution in [3.63, 3.8) is 0 Å². The van der Waals surface area contributed by atoms with E-state index in [1.165, 1.54) is 0 Å². The molecule has 3 nitrogen and oxygen atoms in total. The number of hydrogen-bond acceptors (Lipinski definition) is 3. The number of nitrogens with zero attached hydrogens (tertiary/aromatic N) is 1. The Balaban J connectivity index is 2.16. The van der Waals surface area contributed by atoms with Crippen LogP contribution in [0.15, 0.2) is 65.7 Å². The van der Waals surface area contributed by atoms with Gasteiger partial charge in [-0.3, -0.25) is 0 Å². The number of aliphatic imine (C=N–C) groups is 1. The first-order valence-corrected chi connectivity index (χ1v) is 6.28. The van der Waals surface area contributed by atoms with Gasteiger partial charge < -0.3 is 9.84 Å². The molecule has 0 saturated heterocycles. The highest BCUT2D eigenvalue weighted by Crippen LogP contribution is 2.37. The first kappa shape index (κ1) is 11.9. The van der Waals surface area contributed by atoms with E-state index in [4.69, 9.17) is 4.74 Å². The van der Waals surface area contributed by atoms with Crippen molar-refractivity contribution in [2.24, 2.45) is 4.99 Å². The molecule has 1 N–H and O–H groups in total. The van der Waals surface area contributed by atoms with Gasteiger partial charge in [0, 0.05) is 0 Å². The fraction of sp³-hybridized carbons (Fsp3) is 0.188. The molecule has 0 bridgehead atoms. The van der Waals surface area contributed by atoms with E-state index in [1.54, 1.807) is 0 Å². The molecule has 0 atom stereocenters. The van der Waals surface area contributed by atoms with Crippen molar-refractivity contribution in [2.45, 2.75) is 5.54 Å². The van der Waals surface area contributed by atoms with Gasteiger partial charge in [-0.2, -0.15) is 0 Å². The SMILES string of the molecule is OCC1=NC(c2ccccc2)(c2ccccc2)CO1. The predicted molar refractivity (Wildman–Crippen MR) is 74.1 cm³/mol. The van der Waals surface area contributed by atoms with Gasteiger partial charge in [-0.1, -0.05) is 60.7 Å². The first-order valence-electron chi connectivity index (χ1n) is 6.28. The minimum absolute atomic E-state index is 0.165. The molecule has 3 rings (SSSR count). The average molecular weight is 253 g/mol. The van der Waals surface area contributed by atoms with Crippen molar-refractivity contribution in [1.29, 1.82) is 0 Å². The summed E-state index contributed by atoms with van der Waals surface area (Å²) in [4.78, 5) is 4.62. The third-order valence-corrected chi connectivity index (χ3v) is 3.40. The zero-order chi connectivity index (χ0) is 13.1. The quantitative estimate of drug-likeness (QED) is 0.912. The molecule has 0 fully saturated rings. The summed E-state index contributed by atoms with van der Waals surface area (Å²) in [6, 6.07) is 20.1. The van der Waals surface area contributed by atoms with Gasteiger partial charge >= 0.3 is 0 Å². The zero-order valence-corrected chi connectivity index (χ0v) is 10.5. The van der Waals surface area contributed by atoms with Crippen molar-refractivity contribution >= 4 is 5.90 Å². The van der Waals surface area contributed by atoms with E-state index >= 15 is 0 Å². The lowest BCUT2D eigenvalue weighted by atomic mass is 9.84. The van der Waals surface area contributed by atoms with E-state index < -0.39 is 5.54 Å². The van der Waals surface area contributed by atoms with Gasteiger partial charge in [-0.25, -0.2) is 4.99 Å². The standard InChI is InChI=1S/C16H15NO2/c18-11-15-17-16(12-19-15,13-7-3-1-4-8-13)14-9-5-2-6-10-14/h1-10,18H,11-12H2. The predicted octanol–water partition coefficient (Wildman–Crippen LogP) is 2.35. The van der Waals surface area contributed by atoms with E-state index in [9.17, 15) is 5.11 Å². The third-order valence-electron chi connectivity index (χ3n) is 3.40. The maximum absolute atomic E-state index is 9.24. The van der Waals surface area contributed by atoms with Gasteiger partial charge in [0.05, 0.1) is 0 Å². The molecule has 0 unspecified atom stereocenters. The van der Waals surface area contributed by atoms with E-state index in [0.29, 0.717) is 12.5 Å². The molecule has 0 saturated carbocycles. The van der Waals surface area contributed by atoms with Crippen LogP contribution in [0, 0.1) is 0 Å². The largest absolute Gasteiger partial charge is 0.476 e. The number of benzene rings is 2. The van der Waals surface area contributed by atoms with Crippen LogP contribution in [0.25, 0.3) is 0 Å². The van der Waals surface area contributed by atoms with Gasteiger partial charge in [-0.05, 0) is 11.1 Å². The number of ether oxygens (including phenoxy) is 1. The minimum atomic E-state index is -0.541. The lowest BCUT2D eigenvalue weighted by molar-refractivity contribution is 0.250. The number of aliphatic hydroxyl groups is 1. The van der Waals surface area contributed by atoms with Crippen LogP contribution >= 0.6 is 0 Å². The van der Waals surface area contributed by atoms with Crippen LogP contribution in [0.1, 0.15) is 11.1 Å². The molecule has 0 aliphatic carbocycles. The summed E-state index contributed by atoms with van der Waals surface area (Å²) in [6.07, 6.45) is 0. The summed E-state index contributed by atoms with van der Waals surface area (Å²) >= 11 is 0. The Labute approximate surface area is 112 Å². The summed E-state index contributed by atoms with van der Waals surface area (Å²) in [7, 11) is 0. The number of rotatable bonds is 3. The van der Waals surface area contributed by atoms with Crippen LogP contribution < -0.4 is 0 Å². The zero-order valence-electron chi connectivity index (χ0n) is 10.5. The maximum atomic E-state index is 9.24. The molecule has 2 aromatic carbocycles. The van der Waals surface area contributed by atoms with E-state index in [2.05, 4.69) is 4.99 Å². The smallest absolute Gasteiger partial charge is 0.211 e. The highest BCUT2D eigenvalue weighted by Gasteiger charge is 2.39. The normalized spacial score (nSPS) is 16.8. The fourth-order valence-electron chi connectivity index (χ4n) is 2.44. The van der Waals surface area contributed by atoms with Crippen molar-refractivity contribution in [3.8, 4) is 0 Å². The first-order chi connectivity index (χ1) is 9.35. The molecule has 0 radical (unpaired) electrons. The third kappa shape index (κ3) is 2.02. The van der Waals surface area contributed by atoms with Crippen LogP contribution in [-0.2, 0) is 10.3 Å². The van der Waals surface area contributed by atoms with Crippen molar-refractivity contribution in [1.82, 2.24) is 0 Å². The summed E-state index contributed by atoms with van der Waals surface area (Å²) in [6.45, 7) is 0.262. The Morgan fingerprint density at radius 2 is 1.47 bits per heavy atom. The molecular weight excluding hydrogens is 238 g/mol. The van der Waals surface area contributed by atoms with Crippen LogP contribution in [0.2, 0.25) is 0 Å². The highest BCUT2D eigenvalue weighted by atomic mass is 16.5. The summed E-state index contributed by atoms with van der Waals surface area (Å²) in [5.74, 6) is 0.396. The summed E-state index contributed by atoms with van der Waals surface area (Å²) in [5, 5.41) is 9.24. The molecule has 1 aliphatic heterocycles. The van der Waals surface area contributed by atoms with Crippen molar-refractivity contribution < 1.29 is 9.84 Å². The van der Waals surface area contributed by atoms with Crippen molar-refractivity contribution in [3.05, 3.63) is 71.8 Å². The second-order valence-corrected chi connectivity index (χ2v) is 4.54. The lowest BCUT2D eigenvalue weighted by Crippen LogP contribution is -2.26. The summed E-state index contributed by atoms with van der Waals surface area (Å²) in [5.41, 5.74) is 1.61. The van der Waals surface area contributed by atoms with Crippen LogP contribution in [0.4, 0.5) is 0 Å². The van der Waals surface area contributed by atoms with E-state index in [1.807, 2.05) is 60.7 Å². The molecule has 96 valence electrons. The molecule has 19 heavy (non-hydrogen) atoms. The number of aliphatic hydroxyl groups excluding tert-OH is 1. The topological polar surface area (TPSA) is 41.8 Å². The summed E-state index contributed by atoms with van der Waals surface area (Å²) < 4.78 is 5.53. The fourth-order valence-corrected chi connectivity index (χ4v) is 2.44. The van der Waals surface area contributed by atoms with Gasteiger partial charge in [0.15, 0.2) is 0 Å². The Bertz CT molecular complexity index is 539.